The second kappa shape index (κ2) is 21.9. The van der Waals surface area contributed by atoms with Crippen molar-refractivity contribution in [3.05, 3.63) is 110 Å². The first-order chi connectivity index (χ1) is 14.6. The van der Waals surface area contributed by atoms with Gasteiger partial charge in [0, 0.05) is 36.4 Å². The van der Waals surface area contributed by atoms with Gasteiger partial charge in [0.1, 0.15) is 19.6 Å². The van der Waals surface area contributed by atoms with Crippen molar-refractivity contribution in [1.82, 2.24) is 0 Å². The molecule has 0 atom stereocenters. The van der Waals surface area contributed by atoms with E-state index in [9.17, 15) is 0 Å². The van der Waals surface area contributed by atoms with E-state index < -0.39 is 0 Å². The molecule has 0 N–H and O–H groups in total. The summed E-state index contributed by atoms with van der Waals surface area (Å²) >= 11 is 0. The van der Waals surface area contributed by atoms with Crippen molar-refractivity contribution in [2.75, 3.05) is 0 Å². The Balaban J connectivity index is -0.000000391. The number of hydrogen-bond acceptors (Lipinski definition) is 0. The maximum absolute atomic E-state index is 3.68. The van der Waals surface area contributed by atoms with E-state index in [1.165, 1.54) is 16.7 Å². The van der Waals surface area contributed by atoms with Gasteiger partial charge >= 0.3 is 0 Å². The molecule has 0 aliphatic rings. The van der Waals surface area contributed by atoms with Crippen LogP contribution in [0.3, 0.4) is 0 Å². The molecule has 3 nitrogen and oxygen atoms in total. The molecule has 0 aliphatic carbocycles. The van der Waals surface area contributed by atoms with Gasteiger partial charge < -0.3 is 50.9 Å². The minimum absolute atomic E-state index is 0. The predicted molar refractivity (Wildman–Crippen MR) is 127 cm³/mol. The number of hydrogen-bond donors (Lipinski definition) is 0. The van der Waals surface area contributed by atoms with E-state index in [1.807, 2.05) is 18.2 Å². The first kappa shape index (κ1) is 35.7. The monoisotopic (exact) mass is 639 g/mol. The van der Waals surface area contributed by atoms with Gasteiger partial charge in [-0.2, -0.15) is 0 Å². The molecular weight excluding hydrogens is 606 g/mol. The molecule has 0 aliphatic heterocycles. The summed E-state index contributed by atoms with van der Waals surface area (Å²) in [5.74, 6) is 0. The Morgan fingerprint density at radius 2 is 0.667 bits per heavy atom. The SMILES string of the molecule is C=Cc1cc[n+](CC)cc1.C=Cc1cc[n+](CC)cc1.C=Cc1cc[n+](CC)cc1.[Br-].[Br-].[Br-]. The third-order valence-corrected chi connectivity index (χ3v) is 4.55. The molecule has 180 valence electrons. The summed E-state index contributed by atoms with van der Waals surface area (Å²) in [5.41, 5.74) is 3.51. The minimum Gasteiger partial charge on any atom is -1.00 e. The molecule has 0 spiro atoms. The summed E-state index contributed by atoms with van der Waals surface area (Å²) in [4.78, 5) is 0. The van der Waals surface area contributed by atoms with Crippen molar-refractivity contribution < 1.29 is 64.6 Å². The molecule has 3 aromatic rings. The lowest BCUT2D eigenvalue weighted by Gasteiger charge is -1.90. The largest absolute Gasteiger partial charge is 1.00 e. The van der Waals surface area contributed by atoms with Crippen molar-refractivity contribution in [2.24, 2.45) is 0 Å². The zero-order valence-corrected chi connectivity index (χ0v) is 24.6. The molecule has 0 saturated heterocycles. The fourth-order valence-corrected chi connectivity index (χ4v) is 2.45. The van der Waals surface area contributed by atoms with Crippen LogP contribution in [0.25, 0.3) is 18.2 Å². The Kier molecular flexibility index (Phi) is 23.7. The highest BCUT2D eigenvalue weighted by atomic mass is 79.9. The number of aromatic nitrogens is 3. The molecule has 3 heterocycles. The Bertz CT molecular complexity index is 769. The molecular formula is C27H36Br3N3. The van der Waals surface area contributed by atoms with Gasteiger partial charge in [-0.15, -0.1) is 0 Å². The predicted octanol–water partition coefficient (Wildman–Crippen LogP) is -4.08. The molecule has 3 rings (SSSR count). The second-order valence-corrected chi connectivity index (χ2v) is 6.50. The lowest BCUT2D eigenvalue weighted by atomic mass is 10.3. The molecule has 0 radical (unpaired) electrons. The van der Waals surface area contributed by atoms with Gasteiger partial charge in [0.15, 0.2) is 37.2 Å². The maximum Gasteiger partial charge on any atom is 0.169 e. The minimum atomic E-state index is 0. The standard InChI is InChI=1S/3C9H12N.3BrH/c3*1-3-9-5-7-10(4-2)8-6-9;;;/h3*3,5-8H,1,4H2,2H3;3*1H/q3*+1;;;/p-3. The van der Waals surface area contributed by atoms with Gasteiger partial charge in [0.05, 0.1) is 0 Å². The lowest BCUT2D eigenvalue weighted by Crippen LogP contribution is -3.00. The molecule has 0 aromatic carbocycles. The molecule has 0 fully saturated rings. The number of aryl methyl sites for hydroxylation is 3. The van der Waals surface area contributed by atoms with Crippen LogP contribution in [0.4, 0.5) is 0 Å². The Morgan fingerprint density at radius 3 is 0.788 bits per heavy atom. The Morgan fingerprint density at radius 1 is 0.485 bits per heavy atom. The maximum atomic E-state index is 3.68. The third kappa shape index (κ3) is 14.8. The van der Waals surface area contributed by atoms with Crippen LogP contribution in [0.1, 0.15) is 37.5 Å². The number of halogens is 3. The van der Waals surface area contributed by atoms with Crippen LogP contribution in [-0.2, 0) is 19.6 Å². The van der Waals surface area contributed by atoms with Gasteiger partial charge in [-0.1, -0.05) is 38.0 Å². The summed E-state index contributed by atoms with van der Waals surface area (Å²) in [7, 11) is 0. The van der Waals surface area contributed by atoms with Crippen molar-refractivity contribution in [2.45, 2.75) is 40.4 Å². The van der Waals surface area contributed by atoms with Crippen LogP contribution in [0.5, 0.6) is 0 Å². The highest BCUT2D eigenvalue weighted by Crippen LogP contribution is 1.96. The van der Waals surface area contributed by atoms with Crippen molar-refractivity contribution in [3.63, 3.8) is 0 Å². The van der Waals surface area contributed by atoms with E-state index in [2.05, 4.69) is 128 Å². The normalized spacial score (nSPS) is 8.45. The van der Waals surface area contributed by atoms with E-state index in [4.69, 9.17) is 0 Å². The second-order valence-electron chi connectivity index (χ2n) is 6.50. The summed E-state index contributed by atoms with van der Waals surface area (Å²) in [6, 6.07) is 12.3. The van der Waals surface area contributed by atoms with E-state index in [-0.39, 0.29) is 50.9 Å². The van der Waals surface area contributed by atoms with Crippen LogP contribution in [0.2, 0.25) is 0 Å². The third-order valence-electron chi connectivity index (χ3n) is 4.55. The van der Waals surface area contributed by atoms with Gasteiger partial charge in [-0.05, 0) is 37.5 Å². The zero-order chi connectivity index (χ0) is 22.2. The summed E-state index contributed by atoms with van der Waals surface area (Å²) < 4.78 is 6.35. The van der Waals surface area contributed by atoms with E-state index >= 15 is 0 Å². The smallest absolute Gasteiger partial charge is 0.169 e. The van der Waals surface area contributed by atoms with Crippen LogP contribution < -0.4 is 64.6 Å². The number of rotatable bonds is 6. The summed E-state index contributed by atoms with van der Waals surface area (Å²) in [5, 5.41) is 0. The van der Waals surface area contributed by atoms with E-state index in [0.717, 1.165) is 19.6 Å². The quantitative estimate of drug-likeness (QED) is 0.243. The Hall–Kier alpha value is -1.89. The molecule has 33 heavy (non-hydrogen) atoms. The average molecular weight is 642 g/mol. The highest BCUT2D eigenvalue weighted by Gasteiger charge is 1.94. The van der Waals surface area contributed by atoms with Crippen molar-refractivity contribution in [1.29, 1.82) is 0 Å². The molecule has 0 bridgehead atoms. The summed E-state index contributed by atoms with van der Waals surface area (Å²) in [6.07, 6.45) is 17.9. The first-order valence-corrected chi connectivity index (χ1v) is 10.4. The number of nitrogens with zero attached hydrogens (tertiary/aromatic N) is 3. The fourth-order valence-electron chi connectivity index (χ4n) is 2.45. The highest BCUT2D eigenvalue weighted by molar-refractivity contribution is 5.45. The van der Waals surface area contributed by atoms with Crippen molar-refractivity contribution in [3.8, 4) is 0 Å². The molecule has 3 aromatic heterocycles. The van der Waals surface area contributed by atoms with Gasteiger partial charge in [0.25, 0.3) is 0 Å². The molecule has 0 unspecified atom stereocenters. The van der Waals surface area contributed by atoms with Crippen LogP contribution in [0.15, 0.2) is 93.3 Å². The topological polar surface area (TPSA) is 11.6 Å². The van der Waals surface area contributed by atoms with Crippen molar-refractivity contribution >= 4 is 18.2 Å². The van der Waals surface area contributed by atoms with Gasteiger partial charge in [-0.25, -0.2) is 13.7 Å². The van der Waals surface area contributed by atoms with Gasteiger partial charge in [-0.3, -0.25) is 0 Å². The van der Waals surface area contributed by atoms with E-state index in [1.54, 1.807) is 0 Å². The van der Waals surface area contributed by atoms with Crippen LogP contribution >= 0.6 is 0 Å². The summed E-state index contributed by atoms with van der Waals surface area (Å²) in [6.45, 7) is 20.5. The van der Waals surface area contributed by atoms with Crippen LogP contribution in [0, 0.1) is 0 Å². The van der Waals surface area contributed by atoms with E-state index in [0.29, 0.717) is 0 Å². The number of pyridine rings is 3. The Labute approximate surface area is 232 Å². The molecule has 0 saturated carbocycles. The average Bonchev–Trinajstić information content (AvgIpc) is 2.85. The lowest BCUT2D eigenvalue weighted by molar-refractivity contribution is -0.693. The fraction of sp³-hybridized carbons (Fsp3) is 0.222. The molecule has 6 heteroatoms. The molecule has 0 amide bonds. The first-order valence-electron chi connectivity index (χ1n) is 10.4. The van der Waals surface area contributed by atoms with Gasteiger partial charge in [0.2, 0.25) is 0 Å². The van der Waals surface area contributed by atoms with Crippen LogP contribution in [-0.4, -0.2) is 0 Å². The zero-order valence-electron chi connectivity index (χ0n) is 19.9.